The van der Waals surface area contributed by atoms with E-state index in [4.69, 9.17) is 4.74 Å². The van der Waals surface area contributed by atoms with Crippen molar-refractivity contribution in [3.8, 4) is 17.3 Å². The molecule has 3 aromatic rings. The first-order valence-corrected chi connectivity index (χ1v) is 18.5. The van der Waals surface area contributed by atoms with Gasteiger partial charge in [-0.05, 0) is 81.5 Å². The van der Waals surface area contributed by atoms with E-state index in [1.807, 2.05) is 55.3 Å². The number of halogens is 1. The summed E-state index contributed by atoms with van der Waals surface area (Å²) in [5.41, 5.74) is 10.9. The first-order valence-electron chi connectivity index (χ1n) is 18.5. The van der Waals surface area contributed by atoms with Crippen LogP contribution in [-0.2, 0) is 9.59 Å². The summed E-state index contributed by atoms with van der Waals surface area (Å²) in [6.07, 6.45) is 11.9. The van der Waals surface area contributed by atoms with E-state index in [2.05, 4.69) is 47.7 Å². The highest BCUT2D eigenvalue weighted by atomic mass is 19.1. The molecule has 5 aliphatic rings. The number of carbonyl (C=O) groups is 2. The Hall–Kier alpha value is -4.26. The highest BCUT2D eigenvalue weighted by Gasteiger charge is 2.53. The van der Waals surface area contributed by atoms with Crippen molar-refractivity contribution < 1.29 is 18.7 Å². The second-order valence-electron chi connectivity index (χ2n) is 15.2. The standard InChI is InChI=1S/C39H47FN8O3/c1-25(2)51-34-10-7-29(20-41-34)36-32-19-31(8-9-33(32)44-45-36)48-18-14-39(38(48)50)13-17-46(24-39)23-35(49)47-15-11-27(12-16-47)26-3-5-28(6-4-26)37-42-21-30(40)22-43-37/h3-7,10-11,20-22,25,31-33,36,44-45H,8-9,12-19,23-24H2,1-2H3/t31?,32?,33?,36?,39-/m0/s1. The molecule has 6 heterocycles. The molecule has 1 saturated carbocycles. The molecule has 4 aliphatic heterocycles. The molecule has 12 heteroatoms. The number of hydrogen-bond donors (Lipinski definition) is 2. The van der Waals surface area contributed by atoms with Gasteiger partial charge in [-0.15, -0.1) is 0 Å². The number of nitrogens with zero attached hydrogens (tertiary/aromatic N) is 6. The number of hydrogen-bond acceptors (Lipinski definition) is 9. The number of rotatable bonds is 8. The number of likely N-dealkylation sites (tertiary alicyclic amines) is 2. The molecule has 51 heavy (non-hydrogen) atoms. The molecule has 0 bridgehead atoms. The second-order valence-corrected chi connectivity index (χ2v) is 15.2. The summed E-state index contributed by atoms with van der Waals surface area (Å²) in [5.74, 6) is 1.45. The van der Waals surface area contributed by atoms with Crippen LogP contribution >= 0.6 is 0 Å². The van der Waals surface area contributed by atoms with Crippen LogP contribution in [0.1, 0.15) is 69.5 Å². The fourth-order valence-corrected chi connectivity index (χ4v) is 8.95. The van der Waals surface area contributed by atoms with Gasteiger partial charge >= 0.3 is 0 Å². The lowest BCUT2D eigenvalue weighted by Gasteiger charge is -2.38. The Balaban J connectivity index is 0.838. The summed E-state index contributed by atoms with van der Waals surface area (Å²) in [6, 6.07) is 12.8. The summed E-state index contributed by atoms with van der Waals surface area (Å²) < 4.78 is 18.9. The Labute approximate surface area is 298 Å². The lowest BCUT2D eigenvalue weighted by molar-refractivity contribution is -0.139. The summed E-state index contributed by atoms with van der Waals surface area (Å²) >= 11 is 0. The van der Waals surface area contributed by atoms with Crippen LogP contribution in [0.4, 0.5) is 4.39 Å². The Morgan fingerprint density at radius 1 is 0.980 bits per heavy atom. The molecule has 0 radical (unpaired) electrons. The van der Waals surface area contributed by atoms with Gasteiger partial charge in [0.15, 0.2) is 11.6 Å². The molecule has 2 amide bonds. The lowest BCUT2D eigenvalue weighted by atomic mass is 9.77. The van der Waals surface area contributed by atoms with E-state index in [1.165, 1.54) is 18.0 Å². The van der Waals surface area contributed by atoms with Gasteiger partial charge in [0.1, 0.15) is 0 Å². The minimum atomic E-state index is -0.457. The fourth-order valence-electron chi connectivity index (χ4n) is 8.95. The Morgan fingerprint density at radius 2 is 1.76 bits per heavy atom. The third-order valence-corrected chi connectivity index (χ3v) is 11.7. The number of ether oxygens (including phenoxy) is 1. The van der Waals surface area contributed by atoms with Crippen molar-refractivity contribution in [3.63, 3.8) is 0 Å². The van der Waals surface area contributed by atoms with Gasteiger partial charge < -0.3 is 14.5 Å². The molecule has 4 unspecified atom stereocenters. The van der Waals surface area contributed by atoms with E-state index in [9.17, 15) is 14.0 Å². The molecule has 11 nitrogen and oxygen atoms in total. The molecule has 3 saturated heterocycles. The molecule has 2 aromatic heterocycles. The molecule has 5 atom stereocenters. The monoisotopic (exact) mass is 694 g/mol. The molecule has 1 aliphatic carbocycles. The minimum absolute atomic E-state index is 0.0810. The first-order chi connectivity index (χ1) is 24.7. The van der Waals surface area contributed by atoms with Crippen LogP contribution in [-0.4, -0.2) is 98.9 Å². The van der Waals surface area contributed by atoms with E-state index in [-0.39, 0.29) is 35.4 Å². The summed E-state index contributed by atoms with van der Waals surface area (Å²) in [4.78, 5) is 46.6. The minimum Gasteiger partial charge on any atom is -0.475 e. The number of pyridine rings is 1. The average molecular weight is 695 g/mol. The molecule has 8 rings (SSSR count). The van der Waals surface area contributed by atoms with Gasteiger partial charge in [-0.25, -0.2) is 24.8 Å². The van der Waals surface area contributed by atoms with Gasteiger partial charge in [0.25, 0.3) is 0 Å². The summed E-state index contributed by atoms with van der Waals surface area (Å²) in [6.45, 7) is 7.83. The van der Waals surface area contributed by atoms with Crippen molar-refractivity contribution in [1.29, 1.82) is 0 Å². The van der Waals surface area contributed by atoms with Crippen molar-refractivity contribution in [2.45, 2.75) is 76.6 Å². The van der Waals surface area contributed by atoms with Crippen LogP contribution in [0.25, 0.3) is 17.0 Å². The summed E-state index contributed by atoms with van der Waals surface area (Å²) in [7, 11) is 0. The SMILES string of the molecule is CC(C)Oc1ccc(C2NNC3CCC(N4CC[C@]5(CCN(CC(=O)N6CC=C(c7ccc(-c8ncc(F)cn8)cc7)CC6)C5)C4=O)CC32)cn1. The van der Waals surface area contributed by atoms with E-state index >= 15 is 0 Å². The number of benzene rings is 1. The normalized spacial score (nSPS) is 28.1. The quantitative estimate of drug-likeness (QED) is 0.354. The van der Waals surface area contributed by atoms with E-state index in [0.29, 0.717) is 49.8 Å². The van der Waals surface area contributed by atoms with Gasteiger partial charge in [0.05, 0.1) is 36.5 Å². The number of aromatic nitrogens is 3. The number of carbonyl (C=O) groups excluding carboxylic acids is 2. The lowest BCUT2D eigenvalue weighted by Crippen LogP contribution is -2.47. The molecule has 1 aromatic carbocycles. The predicted molar refractivity (Wildman–Crippen MR) is 190 cm³/mol. The topological polar surface area (TPSA) is 116 Å². The highest BCUT2D eigenvalue weighted by Crippen LogP contribution is 2.45. The first kappa shape index (κ1) is 33.9. The number of amides is 2. The van der Waals surface area contributed by atoms with E-state index in [1.54, 1.807) is 0 Å². The molecule has 268 valence electrons. The van der Waals surface area contributed by atoms with Crippen LogP contribution in [0.3, 0.4) is 0 Å². The molecule has 2 N–H and O–H groups in total. The van der Waals surface area contributed by atoms with Gasteiger partial charge in [0, 0.05) is 56.1 Å². The second kappa shape index (κ2) is 14.0. The molecule has 4 fully saturated rings. The Morgan fingerprint density at radius 3 is 2.49 bits per heavy atom. The zero-order valence-corrected chi connectivity index (χ0v) is 29.4. The van der Waals surface area contributed by atoms with E-state index in [0.717, 1.165) is 68.3 Å². The smallest absolute Gasteiger partial charge is 0.237 e. The molecular formula is C39H47FN8O3. The van der Waals surface area contributed by atoms with Gasteiger partial charge in [0.2, 0.25) is 17.7 Å². The fraction of sp³-hybridized carbons (Fsp3) is 0.513. The largest absolute Gasteiger partial charge is 0.475 e. The van der Waals surface area contributed by atoms with Crippen LogP contribution in [0.2, 0.25) is 0 Å². The van der Waals surface area contributed by atoms with Crippen LogP contribution < -0.4 is 15.6 Å². The number of nitrogens with one attached hydrogen (secondary N) is 2. The third-order valence-electron chi connectivity index (χ3n) is 11.7. The Bertz CT molecular complexity index is 1770. The van der Waals surface area contributed by atoms with Gasteiger partial charge in [-0.1, -0.05) is 36.4 Å². The van der Waals surface area contributed by atoms with E-state index < -0.39 is 5.82 Å². The van der Waals surface area contributed by atoms with Crippen LogP contribution in [0.15, 0.2) is 61.1 Å². The van der Waals surface area contributed by atoms with Crippen LogP contribution in [0.5, 0.6) is 5.88 Å². The maximum atomic E-state index is 14.1. The van der Waals surface area contributed by atoms with Crippen molar-refractivity contribution in [2.24, 2.45) is 11.3 Å². The Kier molecular flexibility index (Phi) is 9.32. The third kappa shape index (κ3) is 6.88. The van der Waals surface area contributed by atoms with Crippen LogP contribution in [0, 0.1) is 17.2 Å². The maximum Gasteiger partial charge on any atom is 0.237 e. The summed E-state index contributed by atoms with van der Waals surface area (Å²) in [5, 5.41) is 0. The van der Waals surface area contributed by atoms with Gasteiger partial charge in [-0.2, -0.15) is 0 Å². The van der Waals surface area contributed by atoms with Crippen molar-refractivity contribution in [2.75, 3.05) is 39.3 Å². The predicted octanol–water partition coefficient (Wildman–Crippen LogP) is 4.39. The van der Waals surface area contributed by atoms with Crippen molar-refractivity contribution >= 4 is 17.4 Å². The zero-order chi connectivity index (χ0) is 35.1. The highest BCUT2D eigenvalue weighted by molar-refractivity contribution is 5.86. The van der Waals surface area contributed by atoms with Crippen molar-refractivity contribution in [1.82, 2.24) is 40.5 Å². The molecular weight excluding hydrogens is 647 g/mol. The maximum absolute atomic E-state index is 14.1. The average Bonchev–Trinajstić information content (AvgIpc) is 3.85. The zero-order valence-electron chi connectivity index (χ0n) is 29.4. The molecule has 1 spiro atoms. The van der Waals surface area contributed by atoms with Gasteiger partial charge in [-0.3, -0.25) is 19.9 Å². The van der Waals surface area contributed by atoms with Crippen molar-refractivity contribution in [3.05, 3.63) is 78.0 Å². The number of fused-ring (bicyclic) bond motifs is 1. The number of hydrazine groups is 1.